The molecule has 0 saturated carbocycles. The van der Waals surface area contributed by atoms with Crippen LogP contribution in [0.2, 0.25) is 0 Å². The molecule has 1 heterocycles. The molecule has 3 rings (SSSR count). The topological polar surface area (TPSA) is 97.4 Å². The number of alkyl halides is 3. The van der Waals surface area contributed by atoms with Crippen molar-refractivity contribution < 1.29 is 21.6 Å². The van der Waals surface area contributed by atoms with Crippen molar-refractivity contribution in [3.05, 3.63) is 114 Å². The molecule has 1 aromatic heterocycles. The highest BCUT2D eigenvalue weighted by Gasteiger charge is 2.30. The number of allylic oxidation sites excluding steroid dienone is 5. The highest BCUT2D eigenvalue weighted by atomic mass is 32.2. The van der Waals surface area contributed by atoms with Gasteiger partial charge in [0.25, 0.3) is 10.0 Å². The number of guanidine groups is 1. The molecule has 192 valence electrons. The standard InChI is InChI=1S/C27H25F3N4O2S/c1-3-22(27(28,29)30)15-14-19(2)24-16-20(17-32-25(24)21-10-6-4-7-11-21)18-33-26(31)34-37(35,36)23-12-8-5-9-13-23/h3-17H,1,18H2,2H3,(H3,31,33,34)/b19-14+,22-15+. The Balaban J connectivity index is 1.93. The largest absolute Gasteiger partial charge is 0.416 e. The number of sulfonamides is 1. The van der Waals surface area contributed by atoms with Crippen LogP contribution in [0, 0.1) is 0 Å². The van der Waals surface area contributed by atoms with Crippen LogP contribution in [0.3, 0.4) is 0 Å². The van der Waals surface area contributed by atoms with Crippen molar-refractivity contribution in [3.63, 3.8) is 0 Å². The first-order valence-corrected chi connectivity index (χ1v) is 12.5. The lowest BCUT2D eigenvalue weighted by Gasteiger charge is -2.13. The summed E-state index contributed by atoms with van der Waals surface area (Å²) in [4.78, 5) is 4.53. The second-order valence-electron chi connectivity index (χ2n) is 7.90. The molecule has 10 heteroatoms. The van der Waals surface area contributed by atoms with Gasteiger partial charge in [0, 0.05) is 23.9 Å². The van der Waals surface area contributed by atoms with E-state index in [1.165, 1.54) is 18.2 Å². The summed E-state index contributed by atoms with van der Waals surface area (Å²) >= 11 is 0. The predicted molar refractivity (Wildman–Crippen MR) is 140 cm³/mol. The monoisotopic (exact) mass is 526 g/mol. The van der Waals surface area contributed by atoms with E-state index in [0.29, 0.717) is 22.4 Å². The van der Waals surface area contributed by atoms with Gasteiger partial charge in [-0.1, -0.05) is 67.3 Å². The molecule has 0 unspecified atom stereocenters. The zero-order valence-corrected chi connectivity index (χ0v) is 20.7. The van der Waals surface area contributed by atoms with Crippen LogP contribution in [0.5, 0.6) is 0 Å². The molecular formula is C27H25F3N4O2S. The van der Waals surface area contributed by atoms with E-state index >= 15 is 0 Å². The number of rotatable bonds is 8. The molecule has 0 aliphatic carbocycles. The number of benzene rings is 2. The maximum Gasteiger partial charge on any atom is 0.416 e. The van der Waals surface area contributed by atoms with Crippen LogP contribution >= 0.6 is 0 Å². The highest BCUT2D eigenvalue weighted by molar-refractivity contribution is 7.90. The number of halogens is 3. The van der Waals surface area contributed by atoms with Gasteiger partial charge in [-0.25, -0.2) is 0 Å². The summed E-state index contributed by atoms with van der Waals surface area (Å²) in [7, 11) is -3.99. The van der Waals surface area contributed by atoms with Gasteiger partial charge in [-0.05, 0) is 42.3 Å². The zero-order valence-electron chi connectivity index (χ0n) is 19.9. The van der Waals surface area contributed by atoms with Crippen LogP contribution in [0.1, 0.15) is 18.1 Å². The van der Waals surface area contributed by atoms with E-state index in [2.05, 4.69) is 21.3 Å². The Hall–Kier alpha value is -4.18. The van der Waals surface area contributed by atoms with Crippen LogP contribution in [-0.4, -0.2) is 25.5 Å². The molecule has 0 bridgehead atoms. The van der Waals surface area contributed by atoms with E-state index in [9.17, 15) is 21.6 Å². The number of aromatic nitrogens is 1. The Morgan fingerprint density at radius 1 is 1.08 bits per heavy atom. The third kappa shape index (κ3) is 7.40. The fraction of sp³-hybridized carbons (Fsp3) is 0.111. The zero-order chi connectivity index (χ0) is 27.1. The third-order valence-corrected chi connectivity index (χ3v) is 6.51. The van der Waals surface area contributed by atoms with Crippen molar-refractivity contribution in [3.8, 4) is 11.3 Å². The minimum absolute atomic E-state index is 0.00230. The molecule has 0 spiro atoms. The van der Waals surface area contributed by atoms with Crippen LogP contribution in [-0.2, 0) is 16.6 Å². The van der Waals surface area contributed by atoms with Crippen LogP contribution in [0.25, 0.3) is 16.8 Å². The highest BCUT2D eigenvalue weighted by Crippen LogP contribution is 2.30. The molecule has 0 aliphatic rings. The second-order valence-corrected chi connectivity index (χ2v) is 9.50. The Bertz CT molecular complexity index is 1450. The quantitative estimate of drug-likeness (QED) is 0.226. The number of nitrogens with two attached hydrogens (primary N) is 1. The first-order valence-electron chi connectivity index (χ1n) is 11.0. The van der Waals surface area contributed by atoms with E-state index in [1.807, 2.05) is 30.3 Å². The van der Waals surface area contributed by atoms with Crippen LogP contribution in [0.15, 0.2) is 113 Å². The molecule has 0 amide bonds. The van der Waals surface area contributed by atoms with Crippen molar-refractivity contribution in [2.75, 3.05) is 0 Å². The lowest BCUT2D eigenvalue weighted by atomic mass is 9.98. The summed E-state index contributed by atoms with van der Waals surface area (Å²) in [5.74, 6) is -0.312. The lowest BCUT2D eigenvalue weighted by Crippen LogP contribution is -2.32. The van der Waals surface area contributed by atoms with Gasteiger partial charge >= 0.3 is 6.18 Å². The van der Waals surface area contributed by atoms with Gasteiger partial charge in [-0.2, -0.15) is 21.6 Å². The number of nitrogens with zero attached hydrogens (tertiary/aromatic N) is 2. The summed E-state index contributed by atoms with van der Waals surface area (Å²) in [5, 5.41) is 2.74. The molecule has 0 radical (unpaired) electrons. The maximum absolute atomic E-state index is 13.1. The summed E-state index contributed by atoms with van der Waals surface area (Å²) < 4.78 is 67.8. The van der Waals surface area contributed by atoms with Crippen molar-refractivity contribution in [1.82, 2.24) is 10.3 Å². The molecule has 0 fully saturated rings. The Labute approximate surface area is 213 Å². The predicted octanol–water partition coefficient (Wildman–Crippen LogP) is 5.62. The minimum Gasteiger partial charge on any atom is -0.369 e. The molecule has 0 atom stereocenters. The molecule has 3 aromatic rings. The minimum atomic E-state index is -4.53. The van der Waals surface area contributed by atoms with Crippen molar-refractivity contribution in [2.45, 2.75) is 24.5 Å². The smallest absolute Gasteiger partial charge is 0.369 e. The SMILES string of the molecule is C=C/C(=C\C=C(/C)c1cc(CN/C(N)=N/S(=O)(=O)c2ccccc2)cnc1-c1ccccc1)C(F)(F)F. The van der Waals surface area contributed by atoms with Crippen LogP contribution < -0.4 is 11.1 Å². The Morgan fingerprint density at radius 2 is 1.70 bits per heavy atom. The van der Waals surface area contributed by atoms with E-state index in [-0.39, 0.29) is 17.4 Å². The Morgan fingerprint density at radius 3 is 2.30 bits per heavy atom. The van der Waals surface area contributed by atoms with Crippen LogP contribution in [0.4, 0.5) is 13.2 Å². The van der Waals surface area contributed by atoms with Crippen molar-refractivity contribution in [2.24, 2.45) is 10.1 Å². The first-order chi connectivity index (χ1) is 17.5. The van der Waals surface area contributed by atoms with E-state index in [1.54, 1.807) is 37.4 Å². The summed E-state index contributed by atoms with van der Waals surface area (Å²) in [6, 6.07) is 18.6. The number of pyridine rings is 1. The molecule has 0 aliphatic heterocycles. The summed E-state index contributed by atoms with van der Waals surface area (Å²) in [6.45, 7) is 5.00. The molecule has 3 N–H and O–H groups in total. The summed E-state index contributed by atoms with van der Waals surface area (Å²) in [5.41, 5.74) is 8.03. The maximum atomic E-state index is 13.1. The normalized spacial score (nSPS) is 13.4. The first kappa shape index (κ1) is 27.4. The van der Waals surface area contributed by atoms with Gasteiger partial charge in [0.05, 0.1) is 16.2 Å². The van der Waals surface area contributed by atoms with Gasteiger partial charge < -0.3 is 11.1 Å². The van der Waals surface area contributed by atoms with Gasteiger partial charge in [-0.15, -0.1) is 4.40 Å². The van der Waals surface area contributed by atoms with Crippen molar-refractivity contribution in [1.29, 1.82) is 0 Å². The van der Waals surface area contributed by atoms with Gasteiger partial charge in [-0.3, -0.25) is 4.98 Å². The van der Waals surface area contributed by atoms with Gasteiger partial charge in [0.15, 0.2) is 0 Å². The molecule has 0 saturated heterocycles. The van der Waals surface area contributed by atoms with Gasteiger partial charge in [0.1, 0.15) is 0 Å². The van der Waals surface area contributed by atoms with E-state index in [4.69, 9.17) is 5.73 Å². The van der Waals surface area contributed by atoms with Gasteiger partial charge in [0.2, 0.25) is 5.96 Å². The molecular weight excluding hydrogens is 501 g/mol. The van der Waals surface area contributed by atoms with Crippen molar-refractivity contribution >= 4 is 21.6 Å². The molecule has 37 heavy (non-hydrogen) atoms. The average Bonchev–Trinajstić information content (AvgIpc) is 2.87. The van der Waals surface area contributed by atoms with E-state index < -0.39 is 21.8 Å². The summed E-state index contributed by atoms with van der Waals surface area (Å²) in [6.07, 6.45) is 0.119. The second kappa shape index (κ2) is 11.7. The molecule has 6 nitrogen and oxygen atoms in total. The lowest BCUT2D eigenvalue weighted by molar-refractivity contribution is -0.0881. The fourth-order valence-corrected chi connectivity index (χ4v) is 4.24. The number of nitrogens with one attached hydrogen (secondary N) is 1. The van der Waals surface area contributed by atoms with E-state index in [0.717, 1.165) is 17.7 Å². The third-order valence-electron chi connectivity index (χ3n) is 5.21. The Kier molecular flexibility index (Phi) is 8.67. The molecule has 2 aromatic carbocycles. The number of hydrogen-bond donors (Lipinski definition) is 2. The fourth-order valence-electron chi connectivity index (χ4n) is 3.31. The average molecular weight is 527 g/mol. The number of hydrogen-bond acceptors (Lipinski definition) is 3.